The Morgan fingerprint density at radius 2 is 1.91 bits per heavy atom. The van der Waals surface area contributed by atoms with Crippen molar-refractivity contribution in [3.63, 3.8) is 0 Å². The number of hydrogen-bond acceptors (Lipinski definition) is 2. The van der Waals surface area contributed by atoms with Gasteiger partial charge in [0.25, 0.3) is 5.91 Å². The molecule has 126 valence electrons. The molecule has 0 aromatic heterocycles. The van der Waals surface area contributed by atoms with E-state index in [1.165, 1.54) is 12.1 Å². The molecule has 0 saturated heterocycles. The quantitative estimate of drug-likeness (QED) is 0.483. The molecule has 0 aliphatic carbocycles. The molecule has 0 fully saturated rings. The van der Waals surface area contributed by atoms with E-state index in [0.717, 1.165) is 12.1 Å². The van der Waals surface area contributed by atoms with Crippen molar-refractivity contribution in [2.75, 3.05) is 0 Å². The van der Waals surface area contributed by atoms with Gasteiger partial charge in [0, 0.05) is 22.9 Å². The van der Waals surface area contributed by atoms with Gasteiger partial charge in [-0.25, -0.2) is 0 Å². The predicted octanol–water partition coefficient (Wildman–Crippen LogP) is 4.37. The van der Waals surface area contributed by atoms with Crippen LogP contribution in [0.1, 0.15) is 23.2 Å². The molecule has 23 heavy (non-hydrogen) atoms. The standard InChI is InChI=1S/C14H11F6NOS/c1-2-4-10(8-13(15,16)17)21-12(22)9-5-3-6-11(7-9)23-14(18,19)20/h1,3,5-7,10H,4,8H2,(H,21,22)/t10-/m0/s1. The van der Waals surface area contributed by atoms with Gasteiger partial charge in [0.05, 0.1) is 6.42 Å². The monoisotopic (exact) mass is 355 g/mol. The zero-order chi connectivity index (χ0) is 17.7. The molecule has 0 saturated carbocycles. The molecule has 1 aromatic rings. The predicted molar refractivity (Wildman–Crippen MR) is 73.7 cm³/mol. The molecule has 1 N–H and O–H groups in total. The third-order valence-electron chi connectivity index (χ3n) is 2.51. The van der Waals surface area contributed by atoms with Gasteiger partial charge in [0.15, 0.2) is 0 Å². The summed E-state index contributed by atoms with van der Waals surface area (Å²) < 4.78 is 74.0. The minimum absolute atomic E-state index is 0.177. The number of benzene rings is 1. The number of alkyl halides is 6. The van der Waals surface area contributed by atoms with E-state index in [9.17, 15) is 31.1 Å². The lowest BCUT2D eigenvalue weighted by atomic mass is 10.1. The van der Waals surface area contributed by atoms with Crippen LogP contribution in [0.3, 0.4) is 0 Å². The summed E-state index contributed by atoms with van der Waals surface area (Å²) in [5.74, 6) is 1.10. The molecule has 0 unspecified atom stereocenters. The fourth-order valence-electron chi connectivity index (χ4n) is 1.70. The topological polar surface area (TPSA) is 29.1 Å². The highest BCUT2D eigenvalue weighted by Gasteiger charge is 2.33. The zero-order valence-electron chi connectivity index (χ0n) is 11.5. The van der Waals surface area contributed by atoms with Gasteiger partial charge in [-0.2, -0.15) is 26.3 Å². The summed E-state index contributed by atoms with van der Waals surface area (Å²) in [5.41, 5.74) is -4.71. The fourth-order valence-corrected chi connectivity index (χ4v) is 2.30. The molecule has 0 aliphatic heterocycles. The largest absolute Gasteiger partial charge is 0.446 e. The number of hydrogen-bond donors (Lipinski definition) is 1. The molecular formula is C14H11F6NOS. The normalized spacial score (nSPS) is 13.3. The molecule has 1 amide bonds. The number of nitrogens with one attached hydrogen (secondary N) is 1. The third-order valence-corrected chi connectivity index (χ3v) is 3.23. The lowest BCUT2D eigenvalue weighted by Gasteiger charge is -2.18. The van der Waals surface area contributed by atoms with Crippen LogP contribution in [0.5, 0.6) is 0 Å². The van der Waals surface area contributed by atoms with E-state index in [2.05, 4.69) is 5.32 Å². The minimum Gasteiger partial charge on any atom is -0.348 e. The van der Waals surface area contributed by atoms with Gasteiger partial charge in [-0.15, -0.1) is 12.3 Å². The van der Waals surface area contributed by atoms with Crippen LogP contribution >= 0.6 is 11.8 Å². The molecule has 0 heterocycles. The maximum atomic E-state index is 12.4. The fraction of sp³-hybridized carbons (Fsp3) is 0.357. The number of thioether (sulfide) groups is 1. The van der Waals surface area contributed by atoms with Crippen LogP contribution in [0.25, 0.3) is 0 Å². The van der Waals surface area contributed by atoms with Gasteiger partial charge in [-0.05, 0) is 30.0 Å². The average Bonchev–Trinajstić information content (AvgIpc) is 2.35. The Kier molecular flexibility index (Phi) is 6.38. The molecule has 9 heteroatoms. The number of rotatable bonds is 5. The van der Waals surface area contributed by atoms with Crippen molar-refractivity contribution < 1.29 is 31.1 Å². The van der Waals surface area contributed by atoms with Crippen molar-refractivity contribution in [3.8, 4) is 12.3 Å². The first kappa shape index (κ1) is 19.2. The summed E-state index contributed by atoms with van der Waals surface area (Å²) in [4.78, 5) is 11.7. The van der Waals surface area contributed by atoms with Crippen LogP contribution in [0.2, 0.25) is 0 Å². The van der Waals surface area contributed by atoms with Crippen molar-refractivity contribution in [2.45, 2.75) is 35.5 Å². The van der Waals surface area contributed by atoms with E-state index in [0.29, 0.717) is 0 Å². The first-order valence-corrected chi connectivity index (χ1v) is 6.99. The molecule has 2 nitrogen and oxygen atoms in total. The molecule has 0 bridgehead atoms. The maximum absolute atomic E-state index is 12.4. The molecule has 1 rings (SSSR count). The van der Waals surface area contributed by atoms with Crippen molar-refractivity contribution >= 4 is 17.7 Å². The molecular weight excluding hydrogens is 344 g/mol. The Bertz CT molecular complexity index is 590. The second-order valence-electron chi connectivity index (χ2n) is 4.47. The lowest BCUT2D eigenvalue weighted by Crippen LogP contribution is -2.38. The van der Waals surface area contributed by atoms with Gasteiger partial charge >= 0.3 is 11.7 Å². The lowest BCUT2D eigenvalue weighted by molar-refractivity contribution is -0.139. The van der Waals surface area contributed by atoms with Crippen molar-refractivity contribution in [1.82, 2.24) is 5.32 Å². The molecule has 0 aliphatic rings. The molecule has 1 aromatic carbocycles. The summed E-state index contributed by atoms with van der Waals surface area (Å²) in [5, 5.41) is 2.09. The maximum Gasteiger partial charge on any atom is 0.446 e. The van der Waals surface area contributed by atoms with E-state index < -0.39 is 41.8 Å². The van der Waals surface area contributed by atoms with Crippen LogP contribution in [0.15, 0.2) is 29.2 Å². The van der Waals surface area contributed by atoms with Crippen LogP contribution in [-0.2, 0) is 0 Å². The van der Waals surface area contributed by atoms with Gasteiger partial charge in [0.1, 0.15) is 0 Å². The SMILES string of the molecule is C#CC[C@@H](CC(F)(F)F)NC(=O)c1cccc(SC(F)(F)F)c1. The summed E-state index contributed by atoms with van der Waals surface area (Å²) in [6.07, 6.45) is -1.23. The smallest absolute Gasteiger partial charge is 0.348 e. The highest BCUT2D eigenvalue weighted by molar-refractivity contribution is 8.00. The highest BCUT2D eigenvalue weighted by atomic mass is 32.2. The van der Waals surface area contributed by atoms with Gasteiger partial charge in [-0.1, -0.05) is 6.07 Å². The Balaban J connectivity index is 2.83. The Labute approximate surface area is 132 Å². The van der Waals surface area contributed by atoms with Crippen LogP contribution in [0.4, 0.5) is 26.3 Å². The molecule has 0 radical (unpaired) electrons. The van der Waals surface area contributed by atoms with Crippen molar-refractivity contribution in [1.29, 1.82) is 0 Å². The minimum atomic E-state index is -4.53. The van der Waals surface area contributed by atoms with Crippen LogP contribution < -0.4 is 5.32 Å². The third kappa shape index (κ3) is 7.83. The van der Waals surface area contributed by atoms with Crippen LogP contribution in [0, 0.1) is 12.3 Å². The summed E-state index contributed by atoms with van der Waals surface area (Å²) in [7, 11) is 0. The number of amides is 1. The highest BCUT2D eigenvalue weighted by Crippen LogP contribution is 2.37. The van der Waals surface area contributed by atoms with E-state index >= 15 is 0 Å². The first-order valence-electron chi connectivity index (χ1n) is 6.17. The molecule has 1 atom stereocenters. The molecule has 0 spiro atoms. The second kappa shape index (κ2) is 7.64. The Hall–Kier alpha value is -1.82. The summed E-state index contributed by atoms with van der Waals surface area (Å²) in [6, 6.07) is 3.17. The Morgan fingerprint density at radius 3 is 2.43 bits per heavy atom. The van der Waals surface area contributed by atoms with E-state index in [1.54, 1.807) is 0 Å². The van der Waals surface area contributed by atoms with Gasteiger partial charge < -0.3 is 5.32 Å². The Morgan fingerprint density at radius 1 is 1.26 bits per heavy atom. The first-order chi connectivity index (χ1) is 10.5. The van der Waals surface area contributed by atoms with Gasteiger partial charge in [-0.3, -0.25) is 4.79 Å². The van der Waals surface area contributed by atoms with E-state index in [1.807, 2.05) is 5.92 Å². The summed E-state index contributed by atoms with van der Waals surface area (Å²) in [6.45, 7) is 0. The van der Waals surface area contributed by atoms with E-state index in [-0.39, 0.29) is 16.9 Å². The summed E-state index contributed by atoms with van der Waals surface area (Å²) >= 11 is -0.421. The van der Waals surface area contributed by atoms with Crippen molar-refractivity contribution in [2.24, 2.45) is 0 Å². The number of terminal acetylenes is 1. The van der Waals surface area contributed by atoms with Crippen LogP contribution in [-0.4, -0.2) is 23.6 Å². The zero-order valence-corrected chi connectivity index (χ0v) is 12.3. The average molecular weight is 355 g/mol. The number of carbonyl (C=O) groups is 1. The van der Waals surface area contributed by atoms with Gasteiger partial charge in [0.2, 0.25) is 0 Å². The number of halogens is 6. The van der Waals surface area contributed by atoms with E-state index in [4.69, 9.17) is 6.42 Å². The van der Waals surface area contributed by atoms with Crippen molar-refractivity contribution in [3.05, 3.63) is 29.8 Å². The second-order valence-corrected chi connectivity index (χ2v) is 5.61. The number of carbonyl (C=O) groups excluding carboxylic acids is 1.